The van der Waals surface area contributed by atoms with Gasteiger partial charge in [0.2, 0.25) is 11.8 Å². The van der Waals surface area contributed by atoms with Crippen LogP contribution in [0.1, 0.15) is 57.7 Å². The van der Waals surface area contributed by atoms with E-state index in [-0.39, 0.29) is 5.41 Å². The molecule has 1 saturated heterocycles. The first kappa shape index (κ1) is 13.1. The minimum absolute atomic E-state index is 0.120. The molecular formula is C14H23N3O2. The summed E-state index contributed by atoms with van der Waals surface area (Å²) in [5.41, 5.74) is -0.720. The van der Waals surface area contributed by atoms with Crippen molar-refractivity contribution in [2.24, 2.45) is 5.41 Å². The van der Waals surface area contributed by atoms with Crippen LogP contribution in [0.15, 0.2) is 4.42 Å². The van der Waals surface area contributed by atoms with E-state index in [0.717, 1.165) is 25.4 Å². The molecule has 19 heavy (non-hydrogen) atoms. The average molecular weight is 265 g/mol. The van der Waals surface area contributed by atoms with Gasteiger partial charge in [0.25, 0.3) is 0 Å². The van der Waals surface area contributed by atoms with Crippen LogP contribution >= 0.6 is 0 Å². The minimum Gasteiger partial charge on any atom is -0.424 e. The van der Waals surface area contributed by atoms with Crippen LogP contribution in [0.2, 0.25) is 0 Å². The van der Waals surface area contributed by atoms with Gasteiger partial charge in [0.15, 0.2) is 0 Å². The third-order valence-electron chi connectivity index (χ3n) is 4.76. The van der Waals surface area contributed by atoms with Crippen LogP contribution in [0.3, 0.4) is 0 Å². The van der Waals surface area contributed by atoms with E-state index in [9.17, 15) is 5.11 Å². The zero-order valence-corrected chi connectivity index (χ0v) is 12.0. The Bertz CT molecular complexity index is 463. The van der Waals surface area contributed by atoms with Crippen molar-refractivity contribution in [3.8, 4) is 0 Å². The summed E-state index contributed by atoms with van der Waals surface area (Å²) in [6, 6.07) is 0. The highest BCUT2D eigenvalue weighted by molar-refractivity contribution is 5.01. The molecule has 3 rings (SSSR count). The second kappa shape index (κ2) is 4.28. The Morgan fingerprint density at radius 3 is 2.68 bits per heavy atom. The lowest BCUT2D eigenvalue weighted by Gasteiger charge is -2.48. The van der Waals surface area contributed by atoms with Crippen LogP contribution in [0, 0.1) is 5.41 Å². The SMILES string of the molecule is CC1(C)CN(Cc2nnc(C3CC3)o2)CC[C@@]1(C)O. The molecule has 1 atom stereocenters. The van der Waals surface area contributed by atoms with Crippen molar-refractivity contribution in [1.29, 1.82) is 0 Å². The van der Waals surface area contributed by atoms with Gasteiger partial charge >= 0.3 is 0 Å². The number of hydrogen-bond acceptors (Lipinski definition) is 5. The third kappa shape index (κ3) is 2.54. The molecule has 5 nitrogen and oxygen atoms in total. The highest BCUT2D eigenvalue weighted by Crippen LogP contribution is 2.40. The molecule has 2 heterocycles. The molecule has 1 aliphatic heterocycles. The van der Waals surface area contributed by atoms with Gasteiger partial charge in [-0.1, -0.05) is 13.8 Å². The fourth-order valence-corrected chi connectivity index (χ4v) is 2.67. The summed E-state index contributed by atoms with van der Waals surface area (Å²) in [5.74, 6) is 2.03. The summed E-state index contributed by atoms with van der Waals surface area (Å²) in [6.07, 6.45) is 3.14. The largest absolute Gasteiger partial charge is 0.424 e. The first-order chi connectivity index (χ1) is 8.87. The summed E-state index contributed by atoms with van der Waals surface area (Å²) >= 11 is 0. The maximum atomic E-state index is 10.4. The molecule has 2 aliphatic rings. The average Bonchev–Trinajstić information content (AvgIpc) is 3.06. The number of aliphatic hydroxyl groups is 1. The number of rotatable bonds is 3. The molecule has 0 amide bonds. The van der Waals surface area contributed by atoms with Gasteiger partial charge in [-0.2, -0.15) is 0 Å². The molecule has 1 aliphatic carbocycles. The maximum Gasteiger partial charge on any atom is 0.230 e. The van der Waals surface area contributed by atoms with E-state index in [1.807, 2.05) is 6.92 Å². The van der Waals surface area contributed by atoms with Crippen molar-refractivity contribution in [2.45, 2.75) is 58.1 Å². The van der Waals surface area contributed by atoms with Crippen molar-refractivity contribution in [3.63, 3.8) is 0 Å². The van der Waals surface area contributed by atoms with Crippen LogP contribution in [-0.4, -0.2) is 38.9 Å². The van der Waals surface area contributed by atoms with E-state index in [0.29, 0.717) is 18.4 Å². The van der Waals surface area contributed by atoms with Gasteiger partial charge in [0.1, 0.15) is 0 Å². The lowest BCUT2D eigenvalue weighted by molar-refractivity contribution is -0.108. The van der Waals surface area contributed by atoms with E-state index >= 15 is 0 Å². The van der Waals surface area contributed by atoms with Gasteiger partial charge in [-0.3, -0.25) is 4.90 Å². The van der Waals surface area contributed by atoms with Gasteiger partial charge in [-0.15, -0.1) is 10.2 Å². The van der Waals surface area contributed by atoms with Crippen LogP contribution in [-0.2, 0) is 6.54 Å². The van der Waals surface area contributed by atoms with Gasteiger partial charge in [-0.25, -0.2) is 0 Å². The van der Waals surface area contributed by atoms with Crippen LogP contribution in [0.25, 0.3) is 0 Å². The van der Waals surface area contributed by atoms with Crippen LogP contribution in [0.5, 0.6) is 0 Å². The van der Waals surface area contributed by atoms with Crippen molar-refractivity contribution in [1.82, 2.24) is 15.1 Å². The molecule has 1 saturated carbocycles. The summed E-state index contributed by atoms with van der Waals surface area (Å²) < 4.78 is 5.70. The number of piperidine rings is 1. The van der Waals surface area contributed by atoms with E-state index in [2.05, 4.69) is 28.9 Å². The van der Waals surface area contributed by atoms with Crippen molar-refractivity contribution in [2.75, 3.05) is 13.1 Å². The van der Waals surface area contributed by atoms with Crippen molar-refractivity contribution < 1.29 is 9.52 Å². The monoisotopic (exact) mass is 265 g/mol. The van der Waals surface area contributed by atoms with Gasteiger partial charge in [0.05, 0.1) is 12.1 Å². The number of likely N-dealkylation sites (tertiary alicyclic amines) is 1. The summed E-state index contributed by atoms with van der Waals surface area (Å²) in [4.78, 5) is 2.29. The minimum atomic E-state index is -0.600. The van der Waals surface area contributed by atoms with Crippen molar-refractivity contribution >= 4 is 0 Å². The Hall–Kier alpha value is -0.940. The predicted molar refractivity (Wildman–Crippen MR) is 70.6 cm³/mol. The standard InChI is InChI=1S/C14H23N3O2/c1-13(2)9-17(7-6-14(13,3)18)8-11-15-16-12(19-11)10-4-5-10/h10,18H,4-9H2,1-3H3/t14-/m1/s1. The molecule has 0 bridgehead atoms. The molecule has 0 unspecified atom stereocenters. The Labute approximate surface area is 114 Å². The lowest BCUT2D eigenvalue weighted by Crippen LogP contribution is -2.55. The molecule has 1 aromatic rings. The molecule has 1 N–H and O–H groups in total. The topological polar surface area (TPSA) is 62.4 Å². The fraction of sp³-hybridized carbons (Fsp3) is 0.857. The molecule has 1 aromatic heterocycles. The van der Waals surface area contributed by atoms with Crippen LogP contribution in [0.4, 0.5) is 0 Å². The highest BCUT2D eigenvalue weighted by atomic mass is 16.4. The summed E-state index contributed by atoms with van der Waals surface area (Å²) in [6.45, 7) is 8.57. The Balaban J connectivity index is 1.63. The Morgan fingerprint density at radius 1 is 1.32 bits per heavy atom. The number of hydrogen-bond donors (Lipinski definition) is 1. The smallest absolute Gasteiger partial charge is 0.230 e. The van der Waals surface area contributed by atoms with Crippen LogP contribution < -0.4 is 0 Å². The van der Waals surface area contributed by atoms with Crippen molar-refractivity contribution in [3.05, 3.63) is 11.8 Å². The molecule has 5 heteroatoms. The normalized spacial score (nSPS) is 31.6. The lowest BCUT2D eigenvalue weighted by atomic mass is 9.71. The molecule has 106 valence electrons. The second-order valence-electron chi connectivity index (χ2n) is 6.93. The number of aromatic nitrogens is 2. The summed E-state index contributed by atoms with van der Waals surface area (Å²) in [5, 5.41) is 18.6. The van der Waals surface area contributed by atoms with Gasteiger partial charge in [-0.05, 0) is 26.2 Å². The molecule has 0 spiro atoms. The zero-order valence-electron chi connectivity index (χ0n) is 12.0. The number of nitrogens with zero attached hydrogens (tertiary/aromatic N) is 3. The molecular weight excluding hydrogens is 242 g/mol. The molecule has 0 radical (unpaired) electrons. The first-order valence-electron chi connectivity index (χ1n) is 7.14. The second-order valence-corrected chi connectivity index (χ2v) is 6.93. The highest BCUT2D eigenvalue weighted by Gasteiger charge is 2.44. The molecule has 0 aromatic carbocycles. The van der Waals surface area contributed by atoms with E-state index in [4.69, 9.17) is 4.42 Å². The quantitative estimate of drug-likeness (QED) is 0.904. The predicted octanol–water partition coefficient (Wildman–Crippen LogP) is 1.93. The fourth-order valence-electron chi connectivity index (χ4n) is 2.67. The Kier molecular flexibility index (Phi) is 2.94. The first-order valence-corrected chi connectivity index (χ1v) is 7.14. The Morgan fingerprint density at radius 2 is 2.05 bits per heavy atom. The zero-order chi connectivity index (χ0) is 13.7. The summed E-state index contributed by atoms with van der Waals surface area (Å²) in [7, 11) is 0. The molecule has 2 fully saturated rings. The van der Waals surface area contributed by atoms with Gasteiger partial charge in [0, 0.05) is 24.4 Å². The third-order valence-corrected chi connectivity index (χ3v) is 4.76. The maximum absolute atomic E-state index is 10.4. The van der Waals surface area contributed by atoms with E-state index in [1.54, 1.807) is 0 Å². The van der Waals surface area contributed by atoms with Gasteiger partial charge < -0.3 is 9.52 Å². The van der Waals surface area contributed by atoms with E-state index < -0.39 is 5.60 Å². The van der Waals surface area contributed by atoms with E-state index in [1.165, 1.54) is 12.8 Å².